The first-order valence-electron chi connectivity index (χ1n) is 24.8. The molecule has 0 aromatic carbocycles. The maximum atomic E-state index is 13.9. The van der Waals surface area contributed by atoms with Gasteiger partial charge in [-0.15, -0.1) is 0 Å². The number of aliphatic hydroxyl groups is 6. The van der Waals surface area contributed by atoms with E-state index in [1.165, 1.54) is 25.7 Å². The van der Waals surface area contributed by atoms with Gasteiger partial charge in [0.05, 0.1) is 44.9 Å². The van der Waals surface area contributed by atoms with Crippen LogP contribution in [0.3, 0.4) is 0 Å². The molecule has 3 rings (SSSR count). The van der Waals surface area contributed by atoms with Crippen molar-refractivity contribution in [2.24, 2.45) is 5.73 Å². The third-order valence-electron chi connectivity index (χ3n) is 12.4. The van der Waals surface area contributed by atoms with Crippen LogP contribution >= 0.6 is 23.5 Å². The second-order valence-corrected chi connectivity index (χ2v) is 22.5. The topological polar surface area (TPSA) is 393 Å². The van der Waals surface area contributed by atoms with Crippen LogP contribution in [0.25, 0.3) is 0 Å². The van der Waals surface area contributed by atoms with Crippen LogP contribution < -0.4 is 11.1 Å². The van der Waals surface area contributed by atoms with Crippen molar-refractivity contribution in [3.8, 4) is 0 Å². The van der Waals surface area contributed by atoms with Gasteiger partial charge in [-0.2, -0.15) is 4.31 Å². The standard InChI is InChI=1S/C42H82N3O22P3/c1-3-5-7-9-11-13-15-17-19-21-29(47)25-33(49)44-35-37(52)36(51)32(63-41(35)66-68(54,55)56)28-61-42-40(45(42)34(50)26-30(48)22-20-18-16-14-12-10-8-6-4-2)38(53)39(31(27-46)64-42)65-70(59,60)67-69(57,58)62-24-23-43/h29-32,35-41,46-48,51-53H,3-28,43H2,1-2H3,(H,44,49)(H,57,58)(H,59,60)(H2,54,55,56)/t29-,30-,31-,32?,35?,36-,37?,38?,39-,40?,41-,42+,45?/m1/s1. The summed E-state index contributed by atoms with van der Waals surface area (Å²) in [5, 5.41) is 68.1. The number of fused-ring (bicyclic) bond motifs is 1. The molecule has 70 heavy (non-hydrogen) atoms. The van der Waals surface area contributed by atoms with Crippen molar-refractivity contribution in [1.29, 1.82) is 0 Å². The Balaban J connectivity index is 1.75. The van der Waals surface area contributed by atoms with E-state index in [0.717, 1.165) is 81.9 Å². The van der Waals surface area contributed by atoms with Crippen LogP contribution in [0.1, 0.15) is 155 Å². The molecule has 7 unspecified atom stereocenters. The van der Waals surface area contributed by atoms with E-state index in [9.17, 15) is 73.5 Å². The van der Waals surface area contributed by atoms with E-state index in [1.807, 2.05) is 0 Å². The number of aliphatic hydroxyl groups excluding tert-OH is 6. The lowest BCUT2D eigenvalue weighted by Gasteiger charge is -2.43. The molecule has 412 valence electrons. The summed E-state index contributed by atoms with van der Waals surface area (Å²) < 4.78 is 73.3. The first-order valence-corrected chi connectivity index (χ1v) is 29.3. The number of hydrogen-bond donors (Lipinski definition) is 12. The summed E-state index contributed by atoms with van der Waals surface area (Å²) in [6, 6.07) is -3.51. The number of nitrogens with one attached hydrogen (secondary N) is 1. The van der Waals surface area contributed by atoms with Crippen LogP contribution in [0.2, 0.25) is 0 Å². The summed E-state index contributed by atoms with van der Waals surface area (Å²) in [5.74, 6) is -4.20. The predicted octanol–water partition coefficient (Wildman–Crippen LogP) is 2.58. The zero-order chi connectivity index (χ0) is 52.1. The first kappa shape index (κ1) is 63.2. The first-order chi connectivity index (χ1) is 33.0. The number of carbonyl (C=O) groups excluding carboxylic acids is 2. The Morgan fingerprint density at radius 1 is 0.714 bits per heavy atom. The highest BCUT2D eigenvalue weighted by Crippen LogP contribution is 2.63. The van der Waals surface area contributed by atoms with Gasteiger partial charge in [0.1, 0.15) is 48.7 Å². The molecule has 13 N–H and O–H groups in total. The van der Waals surface area contributed by atoms with E-state index >= 15 is 0 Å². The van der Waals surface area contributed by atoms with Crippen molar-refractivity contribution in [3.05, 3.63) is 0 Å². The highest BCUT2D eigenvalue weighted by Gasteiger charge is 2.77. The largest absolute Gasteiger partial charge is 0.481 e. The molecule has 28 heteroatoms. The Labute approximate surface area is 410 Å². The van der Waals surface area contributed by atoms with Crippen molar-refractivity contribution in [2.75, 3.05) is 26.4 Å². The minimum atomic E-state index is -5.67. The van der Waals surface area contributed by atoms with Crippen molar-refractivity contribution >= 4 is 35.3 Å². The Bertz CT molecular complexity index is 1690. The van der Waals surface area contributed by atoms with E-state index in [0.29, 0.717) is 12.8 Å². The average Bonchev–Trinajstić information content (AvgIpc) is 3.95. The fourth-order valence-corrected chi connectivity index (χ4v) is 11.5. The summed E-state index contributed by atoms with van der Waals surface area (Å²) in [6.45, 7) is 1.36. The lowest BCUT2D eigenvalue weighted by atomic mass is 9.96. The van der Waals surface area contributed by atoms with Gasteiger partial charge >= 0.3 is 23.5 Å². The normalized spacial score (nSPS) is 29.4. The minimum absolute atomic E-state index is 0.206. The number of hydrogen-bond acceptors (Lipinski definition) is 19. The smallest absolute Gasteiger partial charge is 0.394 e. The number of carbonyl (C=O) groups is 2. The van der Waals surface area contributed by atoms with Crippen LogP contribution in [0, 0.1) is 0 Å². The molecule has 0 bridgehead atoms. The molecule has 0 aromatic heterocycles. The molecule has 25 nitrogen and oxygen atoms in total. The van der Waals surface area contributed by atoms with Gasteiger partial charge in [0.2, 0.25) is 11.8 Å². The fourth-order valence-electron chi connectivity index (χ4n) is 8.73. The van der Waals surface area contributed by atoms with Crippen LogP contribution in [-0.2, 0) is 55.4 Å². The number of phosphoric acid groups is 3. The number of nitrogens with zero attached hydrogens (tertiary/aromatic N) is 1. The molecule has 3 saturated heterocycles. The molecule has 3 fully saturated rings. The van der Waals surface area contributed by atoms with E-state index in [-0.39, 0.29) is 19.4 Å². The Morgan fingerprint density at radius 3 is 1.73 bits per heavy atom. The summed E-state index contributed by atoms with van der Waals surface area (Å²) in [4.78, 5) is 67.5. The fraction of sp³-hybridized carbons (Fsp3) is 0.952. The second kappa shape index (κ2) is 31.1. The van der Waals surface area contributed by atoms with Gasteiger partial charge in [0.15, 0.2) is 6.29 Å². The van der Waals surface area contributed by atoms with Gasteiger partial charge in [0, 0.05) is 6.54 Å². The maximum absolute atomic E-state index is 13.9. The number of phosphoric ester groups is 3. The van der Waals surface area contributed by atoms with Crippen LogP contribution in [-0.4, -0.2) is 166 Å². The van der Waals surface area contributed by atoms with E-state index in [1.54, 1.807) is 0 Å². The third kappa shape index (κ3) is 21.3. The highest BCUT2D eigenvalue weighted by atomic mass is 31.3. The number of unbranched alkanes of at least 4 members (excludes halogenated alkanes) is 16. The maximum Gasteiger partial charge on any atom is 0.481 e. The van der Waals surface area contributed by atoms with E-state index in [4.69, 9.17) is 29.0 Å². The second-order valence-electron chi connectivity index (χ2n) is 18.4. The average molecular weight is 1070 g/mol. The number of amides is 2. The van der Waals surface area contributed by atoms with Crippen LogP contribution in [0.15, 0.2) is 0 Å². The van der Waals surface area contributed by atoms with E-state index in [2.05, 4.69) is 28.0 Å². The molecule has 0 saturated carbocycles. The zero-order valence-corrected chi connectivity index (χ0v) is 43.2. The number of nitrogens with two attached hydrogens (primary N) is 1. The molecule has 0 radical (unpaired) electrons. The van der Waals surface area contributed by atoms with Gasteiger partial charge in [-0.3, -0.25) is 28.1 Å². The molecule has 0 aromatic rings. The molecular formula is C42H82N3O22P3. The van der Waals surface area contributed by atoms with E-state index < -0.39 is 141 Å². The molecule has 3 heterocycles. The van der Waals surface area contributed by atoms with Gasteiger partial charge < -0.3 is 75.5 Å². The molecule has 2 amide bonds. The molecule has 0 spiro atoms. The number of rotatable bonds is 38. The van der Waals surface area contributed by atoms with Gasteiger partial charge in [-0.25, -0.2) is 13.7 Å². The predicted molar refractivity (Wildman–Crippen MR) is 249 cm³/mol. The zero-order valence-electron chi connectivity index (χ0n) is 40.5. The van der Waals surface area contributed by atoms with Gasteiger partial charge in [0.25, 0.3) is 5.91 Å². The van der Waals surface area contributed by atoms with Crippen molar-refractivity contribution in [2.45, 2.75) is 228 Å². The lowest BCUT2D eigenvalue weighted by Crippen LogP contribution is -2.65. The van der Waals surface area contributed by atoms with Crippen molar-refractivity contribution in [3.63, 3.8) is 0 Å². The van der Waals surface area contributed by atoms with Crippen molar-refractivity contribution < 1.29 is 106 Å². The summed E-state index contributed by atoms with van der Waals surface area (Å²) >= 11 is 0. The SMILES string of the molecule is CCCCCCCCCCC[C@@H](O)CC(=O)NC1C(O)[C@H](O)C(CO[C@]23O[C@H](CO)[C@@H](OP(=O)(O)OP(=O)(O)OCCN)C(O)C2N3C(=O)C[C@H](O)CCCCCCCCCCC)O[C@@H]1OP(=O)(O)O. The third-order valence-corrected chi connectivity index (χ3v) is 15.5. The Morgan fingerprint density at radius 2 is 1.23 bits per heavy atom. The summed E-state index contributed by atoms with van der Waals surface area (Å²) in [7, 11) is -16.4. The molecule has 0 aliphatic carbocycles. The lowest BCUT2D eigenvalue weighted by molar-refractivity contribution is -0.299. The summed E-state index contributed by atoms with van der Waals surface area (Å²) in [5.41, 5.74) is 5.24. The highest BCUT2D eigenvalue weighted by molar-refractivity contribution is 7.61. The number of ether oxygens (including phenoxy) is 3. The van der Waals surface area contributed by atoms with Gasteiger partial charge in [-0.05, 0) is 12.8 Å². The Kier molecular flexibility index (Phi) is 28.1. The quantitative estimate of drug-likeness (QED) is 0.0240. The minimum Gasteiger partial charge on any atom is -0.394 e. The summed E-state index contributed by atoms with van der Waals surface area (Å²) in [6.07, 6.45) is 1.30. The molecule has 3 aliphatic heterocycles. The van der Waals surface area contributed by atoms with Crippen LogP contribution in [0.5, 0.6) is 0 Å². The van der Waals surface area contributed by atoms with Gasteiger partial charge in [-0.1, -0.05) is 129 Å². The Hall–Kier alpha value is -1.09. The van der Waals surface area contributed by atoms with Crippen LogP contribution in [0.4, 0.5) is 0 Å². The van der Waals surface area contributed by atoms with Crippen molar-refractivity contribution in [1.82, 2.24) is 10.2 Å². The molecule has 3 aliphatic rings. The molecule has 14 atom stereocenters. The molecular weight excluding hydrogens is 991 g/mol. The monoisotopic (exact) mass is 1070 g/mol.